The molecule has 0 amide bonds. The number of hydrogen-bond acceptors (Lipinski definition) is 1. The Labute approximate surface area is 120 Å². The first kappa shape index (κ1) is 12.6. The second kappa shape index (κ2) is 4.90. The summed E-state index contributed by atoms with van der Waals surface area (Å²) in [6, 6.07) is 11.3. The van der Waals surface area contributed by atoms with E-state index in [0.29, 0.717) is 0 Å². The van der Waals surface area contributed by atoms with E-state index in [2.05, 4.69) is 50.3 Å². The minimum atomic E-state index is 0.927. The lowest BCUT2D eigenvalue weighted by atomic mass is 9.88. The minimum absolute atomic E-state index is 0.927. The molecule has 0 atom stereocenters. The highest BCUT2D eigenvalue weighted by Gasteiger charge is 2.15. The Kier molecular flexibility index (Phi) is 3.24. The Morgan fingerprint density at radius 1 is 1.11 bits per heavy atom. The van der Waals surface area contributed by atoms with Gasteiger partial charge in [0, 0.05) is 11.3 Å². The molecule has 0 aromatic heterocycles. The van der Waals surface area contributed by atoms with Crippen LogP contribution in [0.25, 0.3) is 16.8 Å². The van der Waals surface area contributed by atoms with Crippen molar-refractivity contribution < 1.29 is 0 Å². The van der Waals surface area contributed by atoms with Gasteiger partial charge in [-0.25, -0.2) is 0 Å². The molecule has 0 radical (unpaired) electrons. The molecule has 3 rings (SSSR count). The molecule has 0 unspecified atom stereocenters. The maximum absolute atomic E-state index is 5.51. The Balaban J connectivity index is 2.26. The fourth-order valence-electron chi connectivity index (χ4n) is 2.90. The van der Waals surface area contributed by atoms with Gasteiger partial charge in [0.05, 0.1) is 0 Å². The van der Waals surface area contributed by atoms with E-state index < -0.39 is 0 Å². The molecule has 0 fully saturated rings. The van der Waals surface area contributed by atoms with Gasteiger partial charge >= 0.3 is 0 Å². The number of benzene rings is 2. The Morgan fingerprint density at radius 2 is 1.95 bits per heavy atom. The van der Waals surface area contributed by atoms with E-state index in [1.54, 1.807) is 0 Å². The number of hydrogen-bond donors (Lipinski definition) is 0. The first-order valence-electron chi connectivity index (χ1n) is 7.01. The lowest BCUT2D eigenvalue weighted by Crippen LogP contribution is -2.10. The van der Waals surface area contributed by atoms with Gasteiger partial charge in [0.25, 0.3) is 0 Å². The van der Waals surface area contributed by atoms with E-state index in [1.807, 2.05) is 0 Å². The topological polar surface area (TPSA) is 0 Å². The van der Waals surface area contributed by atoms with Crippen molar-refractivity contribution in [2.75, 3.05) is 0 Å². The molecule has 0 nitrogen and oxygen atoms in total. The zero-order valence-electron chi connectivity index (χ0n) is 11.5. The molecular formula is C18H18S. The van der Waals surface area contributed by atoms with Gasteiger partial charge in [-0.2, -0.15) is 0 Å². The average Bonchev–Trinajstić information content (AvgIpc) is 2.43. The second-order valence-electron chi connectivity index (χ2n) is 5.17. The van der Waals surface area contributed by atoms with Crippen molar-refractivity contribution in [3.63, 3.8) is 0 Å². The van der Waals surface area contributed by atoms with E-state index in [-0.39, 0.29) is 0 Å². The van der Waals surface area contributed by atoms with E-state index in [9.17, 15) is 0 Å². The number of fused-ring (bicyclic) bond motifs is 2. The van der Waals surface area contributed by atoms with Gasteiger partial charge in [0.1, 0.15) is 0 Å². The molecule has 0 heterocycles. The molecule has 0 saturated heterocycles. The maximum Gasteiger partial charge on any atom is 0.0228 e. The van der Waals surface area contributed by atoms with Crippen LogP contribution >= 0.6 is 12.2 Å². The van der Waals surface area contributed by atoms with Gasteiger partial charge < -0.3 is 0 Å². The quantitative estimate of drug-likeness (QED) is 0.680. The predicted octanol–water partition coefficient (Wildman–Crippen LogP) is 5.12. The van der Waals surface area contributed by atoms with Crippen LogP contribution in [0.3, 0.4) is 0 Å². The molecule has 1 aliphatic carbocycles. The summed E-state index contributed by atoms with van der Waals surface area (Å²) < 4.78 is 0. The van der Waals surface area contributed by atoms with Crippen LogP contribution in [0.1, 0.15) is 37.0 Å². The summed E-state index contributed by atoms with van der Waals surface area (Å²) in [5.41, 5.74) is 5.50. The summed E-state index contributed by atoms with van der Waals surface area (Å²) in [5.74, 6) is 0. The Hall–Kier alpha value is -1.47. The zero-order valence-corrected chi connectivity index (χ0v) is 12.3. The van der Waals surface area contributed by atoms with Crippen molar-refractivity contribution in [3.05, 3.63) is 52.6 Å². The lowest BCUT2D eigenvalue weighted by molar-refractivity contribution is 1.15. The Morgan fingerprint density at radius 3 is 2.68 bits per heavy atom. The van der Waals surface area contributed by atoms with Crippen LogP contribution in [-0.2, 0) is 12.8 Å². The minimum Gasteiger partial charge on any atom is -0.0843 e. The fourth-order valence-corrected chi connectivity index (χ4v) is 3.26. The maximum atomic E-state index is 5.51. The largest absolute Gasteiger partial charge is 0.0843 e. The van der Waals surface area contributed by atoms with E-state index in [0.717, 1.165) is 24.1 Å². The van der Waals surface area contributed by atoms with Crippen LogP contribution in [0.15, 0.2) is 35.9 Å². The molecule has 0 bridgehead atoms. The van der Waals surface area contributed by atoms with Crippen LogP contribution in [0.2, 0.25) is 0 Å². The van der Waals surface area contributed by atoms with Crippen molar-refractivity contribution in [3.8, 4) is 0 Å². The first-order chi connectivity index (χ1) is 9.22. The SMILES string of the molecule is CCC1=Cc2cc3c(CC)cccc3cc2CC1=S. The van der Waals surface area contributed by atoms with Crippen molar-refractivity contribution in [1.82, 2.24) is 0 Å². The summed E-state index contributed by atoms with van der Waals surface area (Å²) in [5, 5.41) is 2.73. The van der Waals surface area contributed by atoms with Crippen molar-refractivity contribution in [2.24, 2.45) is 0 Å². The van der Waals surface area contributed by atoms with E-state index in [1.165, 1.54) is 33.0 Å². The van der Waals surface area contributed by atoms with Gasteiger partial charge in [0.15, 0.2) is 0 Å². The van der Waals surface area contributed by atoms with Gasteiger partial charge in [0.2, 0.25) is 0 Å². The average molecular weight is 266 g/mol. The van der Waals surface area contributed by atoms with Crippen molar-refractivity contribution in [2.45, 2.75) is 33.1 Å². The van der Waals surface area contributed by atoms with E-state index in [4.69, 9.17) is 12.2 Å². The number of allylic oxidation sites excluding steroid dienone is 1. The number of thiocarbonyl (C=S) groups is 1. The molecule has 0 N–H and O–H groups in total. The van der Waals surface area contributed by atoms with Crippen LogP contribution in [0.4, 0.5) is 0 Å². The Bertz CT molecular complexity index is 692. The fraction of sp³-hybridized carbons (Fsp3) is 0.278. The third-order valence-corrected chi connectivity index (χ3v) is 4.44. The first-order valence-corrected chi connectivity index (χ1v) is 7.42. The van der Waals surface area contributed by atoms with Gasteiger partial charge in [-0.3, -0.25) is 0 Å². The van der Waals surface area contributed by atoms with E-state index >= 15 is 0 Å². The molecule has 2 aromatic carbocycles. The van der Waals surface area contributed by atoms with Crippen LogP contribution in [0, 0.1) is 0 Å². The molecule has 2 aromatic rings. The van der Waals surface area contributed by atoms with Gasteiger partial charge in [-0.05, 0) is 51.9 Å². The highest BCUT2D eigenvalue weighted by molar-refractivity contribution is 7.80. The van der Waals surface area contributed by atoms with Crippen LogP contribution in [-0.4, -0.2) is 4.86 Å². The summed E-state index contributed by atoms with van der Waals surface area (Å²) in [4.78, 5) is 1.11. The normalized spacial score (nSPS) is 14.4. The summed E-state index contributed by atoms with van der Waals surface area (Å²) in [7, 11) is 0. The highest BCUT2D eigenvalue weighted by Crippen LogP contribution is 2.30. The van der Waals surface area contributed by atoms with Crippen molar-refractivity contribution in [1.29, 1.82) is 0 Å². The number of aryl methyl sites for hydroxylation is 1. The third-order valence-electron chi connectivity index (χ3n) is 4.03. The third kappa shape index (κ3) is 2.12. The number of rotatable bonds is 2. The molecule has 0 saturated carbocycles. The molecule has 19 heavy (non-hydrogen) atoms. The summed E-state index contributed by atoms with van der Waals surface area (Å²) >= 11 is 5.51. The second-order valence-corrected chi connectivity index (χ2v) is 5.66. The van der Waals surface area contributed by atoms with Gasteiger partial charge in [-0.1, -0.05) is 56.4 Å². The zero-order chi connectivity index (χ0) is 13.4. The lowest BCUT2D eigenvalue weighted by Gasteiger charge is -2.18. The predicted molar refractivity (Wildman–Crippen MR) is 87.9 cm³/mol. The van der Waals surface area contributed by atoms with Crippen LogP contribution < -0.4 is 0 Å². The standard InChI is InChI=1S/C18H18S/c1-3-12-6-5-7-14-9-16-11-18(19)13(4-2)8-15(16)10-17(12)14/h5-10H,3-4,11H2,1-2H3. The molecule has 0 aliphatic heterocycles. The monoisotopic (exact) mass is 266 g/mol. The molecule has 96 valence electrons. The smallest absolute Gasteiger partial charge is 0.0228 e. The van der Waals surface area contributed by atoms with Crippen molar-refractivity contribution >= 4 is 33.9 Å². The van der Waals surface area contributed by atoms with Gasteiger partial charge in [-0.15, -0.1) is 0 Å². The molecule has 1 heteroatoms. The summed E-state index contributed by atoms with van der Waals surface area (Å²) in [6.45, 7) is 4.40. The van der Waals surface area contributed by atoms with Crippen LogP contribution in [0.5, 0.6) is 0 Å². The molecule has 1 aliphatic rings. The molecular weight excluding hydrogens is 248 g/mol. The summed E-state index contributed by atoms with van der Waals surface area (Å²) in [6.07, 6.45) is 5.33. The highest BCUT2D eigenvalue weighted by atomic mass is 32.1. The molecule has 0 spiro atoms.